The smallest absolute Gasteiger partial charge is 0.335 e. The lowest BCUT2D eigenvalue weighted by Gasteiger charge is -2.37. The predicted octanol–water partition coefficient (Wildman–Crippen LogP) is 5.62. The maximum Gasteiger partial charge on any atom is 0.335 e. The maximum atomic E-state index is 15.9. The van der Waals surface area contributed by atoms with E-state index in [9.17, 15) is 19.5 Å². The molecule has 5 rings (SSSR count). The number of nitrogens with one attached hydrogen (secondary N) is 3. The minimum absolute atomic E-state index is 0.0303. The van der Waals surface area contributed by atoms with E-state index in [0.717, 1.165) is 0 Å². The SMILES string of the molecule is COc1cc(C(=O)O)ccc1NC(=O)[C@@H]1N[C@@H](CC(C)(C)C)[C@@]2(C(=O)Nc3nc(Cl)ccc32)[C@H]1c1cccc(Cl)c1F. The lowest BCUT2D eigenvalue weighted by molar-refractivity contribution is -0.122. The quantitative estimate of drug-likeness (QED) is 0.265. The minimum atomic E-state index is -1.47. The van der Waals surface area contributed by atoms with Gasteiger partial charge in [0.25, 0.3) is 0 Å². The van der Waals surface area contributed by atoms with Gasteiger partial charge < -0.3 is 25.8 Å². The molecule has 1 aromatic heterocycles. The van der Waals surface area contributed by atoms with E-state index in [-0.39, 0.29) is 44.0 Å². The van der Waals surface area contributed by atoms with Crippen LogP contribution in [0, 0.1) is 11.2 Å². The monoisotopic (exact) mass is 614 g/mol. The first-order valence-corrected chi connectivity index (χ1v) is 13.9. The summed E-state index contributed by atoms with van der Waals surface area (Å²) in [6.45, 7) is 6.02. The van der Waals surface area contributed by atoms with Crippen molar-refractivity contribution in [1.29, 1.82) is 0 Å². The van der Waals surface area contributed by atoms with Crippen LogP contribution in [0.4, 0.5) is 15.9 Å². The van der Waals surface area contributed by atoms with Crippen molar-refractivity contribution in [2.24, 2.45) is 5.41 Å². The van der Waals surface area contributed by atoms with Crippen molar-refractivity contribution in [3.05, 3.63) is 81.2 Å². The molecule has 3 heterocycles. The van der Waals surface area contributed by atoms with Gasteiger partial charge in [-0.25, -0.2) is 14.2 Å². The van der Waals surface area contributed by atoms with Gasteiger partial charge in [-0.05, 0) is 47.7 Å². The summed E-state index contributed by atoms with van der Waals surface area (Å²) < 4.78 is 21.2. The number of carbonyl (C=O) groups excluding carboxylic acids is 2. The van der Waals surface area contributed by atoms with Gasteiger partial charge in [0.05, 0.1) is 29.4 Å². The molecule has 0 radical (unpaired) electrons. The number of hydrogen-bond donors (Lipinski definition) is 4. The third-order valence-corrected chi connectivity index (χ3v) is 8.29. The molecule has 2 aromatic carbocycles. The Morgan fingerprint density at radius 3 is 2.57 bits per heavy atom. The fraction of sp³-hybridized carbons (Fsp3) is 0.333. The van der Waals surface area contributed by atoms with E-state index in [1.54, 1.807) is 18.2 Å². The van der Waals surface area contributed by atoms with Crippen LogP contribution in [-0.2, 0) is 15.0 Å². The highest BCUT2D eigenvalue weighted by molar-refractivity contribution is 6.31. The first-order valence-electron chi connectivity index (χ1n) is 13.2. The third kappa shape index (κ3) is 4.97. The predicted molar refractivity (Wildman–Crippen MR) is 157 cm³/mol. The van der Waals surface area contributed by atoms with Crippen LogP contribution in [-0.4, -0.2) is 47.1 Å². The number of carboxylic acid groups (broad SMARTS) is 1. The Hall–Kier alpha value is -3.73. The van der Waals surface area contributed by atoms with Crippen molar-refractivity contribution in [2.45, 2.75) is 50.6 Å². The van der Waals surface area contributed by atoms with Crippen LogP contribution in [0.1, 0.15) is 54.6 Å². The standard InChI is InChI=1S/C30H29Cl2FN4O5/c1-29(2,3)13-20-30(16-9-11-21(32)36-25(16)37-28(30)41)22(15-6-5-7-17(31)23(15)33)24(35-20)26(38)34-18-10-8-14(27(39)40)12-19(18)42-4/h5-12,20,22,24,35H,13H2,1-4H3,(H,34,38)(H,39,40)(H,36,37,41)/t20-,22-,24+,30+/m0/s1. The van der Waals surface area contributed by atoms with Crippen LogP contribution in [0.25, 0.3) is 0 Å². The number of ether oxygens (including phenoxy) is 1. The largest absolute Gasteiger partial charge is 0.495 e. The van der Waals surface area contributed by atoms with Crippen molar-refractivity contribution in [1.82, 2.24) is 10.3 Å². The number of anilines is 2. The van der Waals surface area contributed by atoms with Crippen molar-refractivity contribution in [2.75, 3.05) is 17.7 Å². The Labute approximate surface area is 251 Å². The van der Waals surface area contributed by atoms with E-state index in [1.165, 1.54) is 37.4 Å². The summed E-state index contributed by atoms with van der Waals surface area (Å²) in [4.78, 5) is 44.1. The lowest BCUT2D eigenvalue weighted by Crippen LogP contribution is -2.49. The molecule has 2 aliphatic heterocycles. The molecule has 9 nitrogen and oxygen atoms in total. The number of amides is 2. The van der Waals surface area contributed by atoms with Crippen LogP contribution in [0.3, 0.4) is 0 Å². The summed E-state index contributed by atoms with van der Waals surface area (Å²) in [6, 6.07) is 9.98. The van der Waals surface area contributed by atoms with E-state index in [1.807, 2.05) is 20.8 Å². The first-order chi connectivity index (χ1) is 19.8. The topological polar surface area (TPSA) is 130 Å². The number of carboxylic acids is 1. The second-order valence-corrected chi connectivity index (χ2v) is 12.4. The summed E-state index contributed by atoms with van der Waals surface area (Å²) >= 11 is 12.4. The van der Waals surface area contributed by atoms with E-state index < -0.39 is 47.0 Å². The molecular formula is C30H29Cl2FN4O5. The number of benzene rings is 2. The highest BCUT2D eigenvalue weighted by atomic mass is 35.5. The molecule has 3 aromatic rings. The number of nitrogens with zero attached hydrogens (tertiary/aromatic N) is 1. The molecule has 42 heavy (non-hydrogen) atoms. The van der Waals surface area contributed by atoms with Crippen molar-refractivity contribution >= 4 is 52.5 Å². The molecule has 220 valence electrons. The lowest BCUT2D eigenvalue weighted by atomic mass is 9.62. The van der Waals surface area contributed by atoms with Crippen molar-refractivity contribution < 1.29 is 28.6 Å². The summed E-state index contributed by atoms with van der Waals surface area (Å²) in [5.74, 6) is -3.64. The molecule has 2 amide bonds. The second kappa shape index (κ2) is 10.8. The third-order valence-electron chi connectivity index (χ3n) is 7.79. The van der Waals surface area contributed by atoms with Gasteiger partial charge >= 0.3 is 5.97 Å². The molecule has 0 saturated carbocycles. The van der Waals surface area contributed by atoms with Crippen molar-refractivity contribution in [3.8, 4) is 5.75 Å². The van der Waals surface area contributed by atoms with E-state index in [0.29, 0.717) is 12.0 Å². The first kappa shape index (κ1) is 29.8. The van der Waals surface area contributed by atoms with Crippen LogP contribution in [0.5, 0.6) is 5.75 Å². The van der Waals surface area contributed by atoms with Gasteiger partial charge in [0.15, 0.2) is 0 Å². The summed E-state index contributed by atoms with van der Waals surface area (Å²) in [6.07, 6.45) is 0.432. The summed E-state index contributed by atoms with van der Waals surface area (Å²) in [5, 5.41) is 18.4. The number of rotatable bonds is 6. The number of halogens is 3. The van der Waals surface area contributed by atoms with E-state index in [2.05, 4.69) is 20.9 Å². The Bertz CT molecular complexity index is 1610. The zero-order valence-corrected chi connectivity index (χ0v) is 24.7. The van der Waals surface area contributed by atoms with Crippen LogP contribution < -0.4 is 20.7 Å². The number of pyridine rings is 1. The van der Waals surface area contributed by atoms with Crippen LogP contribution in [0.2, 0.25) is 10.2 Å². The van der Waals surface area contributed by atoms with Gasteiger partial charge in [0.1, 0.15) is 28.0 Å². The molecule has 2 aliphatic rings. The molecule has 0 unspecified atom stereocenters. The van der Waals surface area contributed by atoms with Gasteiger partial charge in [0.2, 0.25) is 11.8 Å². The molecular weight excluding hydrogens is 586 g/mol. The molecule has 1 saturated heterocycles. The van der Waals surface area contributed by atoms with Gasteiger partial charge in [-0.3, -0.25) is 9.59 Å². The van der Waals surface area contributed by atoms with E-state index >= 15 is 4.39 Å². The van der Waals surface area contributed by atoms with Gasteiger partial charge in [-0.2, -0.15) is 0 Å². The fourth-order valence-electron chi connectivity index (χ4n) is 6.16. The zero-order chi connectivity index (χ0) is 30.6. The van der Waals surface area contributed by atoms with Crippen molar-refractivity contribution in [3.63, 3.8) is 0 Å². The molecule has 4 N–H and O–H groups in total. The van der Waals surface area contributed by atoms with Crippen LogP contribution in [0.15, 0.2) is 48.5 Å². The molecule has 1 fully saturated rings. The highest BCUT2D eigenvalue weighted by Crippen LogP contribution is 2.56. The Morgan fingerprint density at radius 2 is 1.90 bits per heavy atom. The van der Waals surface area contributed by atoms with Gasteiger partial charge in [-0.15, -0.1) is 0 Å². The minimum Gasteiger partial charge on any atom is -0.495 e. The Balaban J connectivity index is 1.70. The number of hydrogen-bond acceptors (Lipinski definition) is 6. The zero-order valence-electron chi connectivity index (χ0n) is 23.2. The molecule has 12 heteroatoms. The normalized spacial score (nSPS) is 23.0. The average Bonchev–Trinajstić information content (AvgIpc) is 3.39. The molecule has 0 aliphatic carbocycles. The Kier molecular flexibility index (Phi) is 7.67. The number of aromatic nitrogens is 1. The van der Waals surface area contributed by atoms with Gasteiger partial charge in [0, 0.05) is 17.5 Å². The number of fused-ring (bicyclic) bond motifs is 2. The molecule has 1 spiro atoms. The molecule has 0 bridgehead atoms. The summed E-state index contributed by atoms with van der Waals surface area (Å²) in [7, 11) is 1.35. The summed E-state index contributed by atoms with van der Waals surface area (Å²) in [5.41, 5.74) is -1.04. The van der Waals surface area contributed by atoms with E-state index in [4.69, 9.17) is 27.9 Å². The average molecular weight is 615 g/mol. The highest BCUT2D eigenvalue weighted by Gasteiger charge is 2.66. The number of aromatic carboxylic acids is 1. The second-order valence-electron chi connectivity index (χ2n) is 11.6. The van der Waals surface area contributed by atoms with Gasteiger partial charge in [-0.1, -0.05) is 62.2 Å². The fourth-order valence-corrected chi connectivity index (χ4v) is 6.49. The maximum absolute atomic E-state index is 15.9. The number of methoxy groups -OCH3 is 1. The Morgan fingerprint density at radius 1 is 1.17 bits per heavy atom. The number of carbonyl (C=O) groups is 3. The van der Waals surface area contributed by atoms with Crippen LogP contribution >= 0.6 is 23.2 Å². The molecule has 4 atom stereocenters.